The number of aromatic nitrogens is 7. The Morgan fingerprint density at radius 3 is 2.83 bits per heavy atom. The Morgan fingerprint density at radius 1 is 1.10 bits per heavy atom. The van der Waals surface area contributed by atoms with Gasteiger partial charge in [0.05, 0.1) is 17.5 Å². The maximum atomic E-state index is 12.6. The van der Waals surface area contributed by atoms with E-state index < -0.39 is 6.10 Å². The summed E-state index contributed by atoms with van der Waals surface area (Å²) in [6, 6.07) is 11.4. The second kappa shape index (κ2) is 7.16. The molecule has 0 amide bonds. The van der Waals surface area contributed by atoms with Gasteiger partial charge in [-0.2, -0.15) is 4.98 Å². The summed E-state index contributed by atoms with van der Waals surface area (Å²) in [5.41, 5.74) is 1.87. The van der Waals surface area contributed by atoms with E-state index in [0.717, 1.165) is 10.9 Å². The van der Waals surface area contributed by atoms with Crippen molar-refractivity contribution in [1.82, 2.24) is 34.2 Å². The highest BCUT2D eigenvalue weighted by Crippen LogP contribution is 2.19. The molecule has 0 spiro atoms. The maximum absolute atomic E-state index is 12.6. The van der Waals surface area contributed by atoms with E-state index in [1.54, 1.807) is 17.7 Å². The highest BCUT2D eigenvalue weighted by molar-refractivity contribution is 5.78. The molecule has 1 atom stereocenters. The van der Waals surface area contributed by atoms with Crippen molar-refractivity contribution in [3.05, 3.63) is 76.8 Å². The zero-order valence-electron chi connectivity index (χ0n) is 16.0. The first-order chi connectivity index (χ1) is 14.6. The number of hydrogen-bond acceptors (Lipinski definition) is 8. The van der Waals surface area contributed by atoms with Gasteiger partial charge < -0.3 is 14.2 Å². The van der Waals surface area contributed by atoms with E-state index in [-0.39, 0.29) is 24.4 Å². The molecule has 1 N–H and O–H groups in total. The lowest BCUT2D eigenvalue weighted by molar-refractivity contribution is 0.170. The number of hydrogen-bond donors (Lipinski definition) is 1. The quantitative estimate of drug-likeness (QED) is 0.467. The fourth-order valence-electron chi connectivity index (χ4n) is 3.31. The van der Waals surface area contributed by atoms with Crippen LogP contribution in [0.4, 0.5) is 0 Å². The summed E-state index contributed by atoms with van der Waals surface area (Å²) in [5, 5.41) is 15.5. The van der Waals surface area contributed by atoms with Gasteiger partial charge in [0.15, 0.2) is 17.0 Å². The highest BCUT2D eigenvalue weighted by Gasteiger charge is 2.17. The van der Waals surface area contributed by atoms with Crippen molar-refractivity contribution in [2.24, 2.45) is 7.05 Å². The Labute approximate surface area is 169 Å². The van der Waals surface area contributed by atoms with Crippen molar-refractivity contribution in [2.45, 2.75) is 19.1 Å². The van der Waals surface area contributed by atoms with Crippen molar-refractivity contribution in [3.8, 4) is 0 Å². The zero-order valence-corrected chi connectivity index (χ0v) is 16.0. The third kappa shape index (κ3) is 3.22. The van der Waals surface area contributed by atoms with Crippen molar-refractivity contribution in [3.63, 3.8) is 0 Å². The van der Waals surface area contributed by atoms with E-state index in [4.69, 9.17) is 4.52 Å². The Kier molecular flexibility index (Phi) is 4.32. The van der Waals surface area contributed by atoms with E-state index in [0.29, 0.717) is 22.7 Å². The molecule has 4 heterocycles. The van der Waals surface area contributed by atoms with Crippen molar-refractivity contribution in [1.29, 1.82) is 0 Å². The molecule has 0 saturated heterocycles. The minimum atomic E-state index is -0.879. The average molecular weight is 403 g/mol. The van der Waals surface area contributed by atoms with Crippen LogP contribution in [-0.2, 0) is 20.0 Å². The zero-order chi connectivity index (χ0) is 20.7. The molecule has 150 valence electrons. The lowest BCUT2D eigenvalue weighted by atomic mass is 10.1. The van der Waals surface area contributed by atoms with Gasteiger partial charge in [-0.1, -0.05) is 29.4 Å². The molecule has 0 aliphatic rings. The van der Waals surface area contributed by atoms with E-state index in [1.807, 2.05) is 30.3 Å². The largest absolute Gasteiger partial charge is 0.386 e. The number of aliphatic hydroxyl groups excluding tert-OH is 1. The lowest BCUT2D eigenvalue weighted by Crippen LogP contribution is -2.22. The molecule has 10 nitrogen and oxygen atoms in total. The van der Waals surface area contributed by atoms with E-state index in [1.165, 1.54) is 17.2 Å². The molecule has 30 heavy (non-hydrogen) atoms. The summed E-state index contributed by atoms with van der Waals surface area (Å²) in [5.74, 6) is 0.573. The summed E-state index contributed by atoms with van der Waals surface area (Å²) >= 11 is 0. The smallest absolute Gasteiger partial charge is 0.280 e. The predicted octanol–water partition coefficient (Wildman–Crippen LogP) is 1.39. The van der Waals surface area contributed by atoms with Gasteiger partial charge in [-0.05, 0) is 12.1 Å². The van der Waals surface area contributed by atoms with Gasteiger partial charge in [-0.15, -0.1) is 0 Å². The van der Waals surface area contributed by atoms with Crippen LogP contribution in [0.2, 0.25) is 0 Å². The van der Waals surface area contributed by atoms with Gasteiger partial charge in [0.25, 0.3) is 5.56 Å². The fourth-order valence-corrected chi connectivity index (χ4v) is 3.31. The monoisotopic (exact) mass is 403 g/mol. The molecule has 5 aromatic rings. The molecule has 0 aliphatic carbocycles. The number of fused-ring (bicyclic) bond motifs is 2. The van der Waals surface area contributed by atoms with E-state index >= 15 is 0 Å². The van der Waals surface area contributed by atoms with Crippen LogP contribution < -0.4 is 5.56 Å². The van der Waals surface area contributed by atoms with Crippen LogP contribution in [0.5, 0.6) is 0 Å². The standard InChI is InChI=1S/C20H17N7O3/c1-26-10-21-19-18(26)20(29)27(11-22-19)9-17-24-16(25-30-17)8-15(28)14-7-6-12-4-2-3-5-13(12)23-14/h2-7,10-11,15,28H,8-9H2,1H3. The molecule has 0 radical (unpaired) electrons. The molecule has 0 saturated carbocycles. The Morgan fingerprint density at radius 2 is 1.93 bits per heavy atom. The van der Waals surface area contributed by atoms with Gasteiger partial charge in [0, 0.05) is 18.9 Å². The fraction of sp³-hybridized carbons (Fsp3) is 0.200. The van der Waals surface area contributed by atoms with Gasteiger partial charge in [0.2, 0.25) is 5.89 Å². The Bertz CT molecular complexity index is 1420. The topological polar surface area (TPSA) is 125 Å². The molecule has 1 aromatic carbocycles. The molecular formula is C20H17N7O3. The number of imidazole rings is 1. The van der Waals surface area contributed by atoms with Crippen LogP contribution in [0.1, 0.15) is 23.5 Å². The number of aliphatic hydroxyl groups is 1. The minimum absolute atomic E-state index is 0.0737. The molecule has 0 bridgehead atoms. The minimum Gasteiger partial charge on any atom is -0.386 e. The first-order valence-corrected chi connectivity index (χ1v) is 9.30. The number of benzene rings is 1. The van der Waals surface area contributed by atoms with Crippen LogP contribution >= 0.6 is 0 Å². The SMILES string of the molecule is Cn1cnc2ncn(Cc3nc(CC(O)c4ccc5ccccc5n4)no3)c(=O)c21. The van der Waals surface area contributed by atoms with E-state index in [9.17, 15) is 9.90 Å². The van der Waals surface area contributed by atoms with Crippen LogP contribution in [-0.4, -0.2) is 39.3 Å². The third-order valence-electron chi connectivity index (χ3n) is 4.85. The molecule has 0 fully saturated rings. The van der Waals surface area contributed by atoms with Gasteiger partial charge in [0.1, 0.15) is 19.0 Å². The molecule has 4 aromatic heterocycles. The summed E-state index contributed by atoms with van der Waals surface area (Å²) in [4.78, 5) is 29.6. The molecule has 5 rings (SSSR count). The van der Waals surface area contributed by atoms with Crippen molar-refractivity contribution >= 4 is 22.1 Å². The molecule has 0 aliphatic heterocycles. The number of rotatable bonds is 5. The Balaban J connectivity index is 1.34. The molecule has 1 unspecified atom stereocenters. The summed E-state index contributed by atoms with van der Waals surface area (Å²) in [7, 11) is 1.73. The van der Waals surface area contributed by atoms with Crippen molar-refractivity contribution < 1.29 is 9.63 Å². The van der Waals surface area contributed by atoms with Crippen LogP contribution in [0.15, 0.2) is 58.4 Å². The van der Waals surface area contributed by atoms with E-state index in [2.05, 4.69) is 25.1 Å². The lowest BCUT2D eigenvalue weighted by Gasteiger charge is -2.08. The Hall–Kier alpha value is -3.92. The second-order valence-electron chi connectivity index (χ2n) is 6.96. The summed E-state index contributed by atoms with van der Waals surface area (Å²) in [6.07, 6.45) is 2.20. The predicted molar refractivity (Wildman–Crippen MR) is 107 cm³/mol. The number of pyridine rings is 1. The third-order valence-corrected chi connectivity index (χ3v) is 4.85. The van der Waals surface area contributed by atoms with Crippen molar-refractivity contribution in [2.75, 3.05) is 0 Å². The average Bonchev–Trinajstić information content (AvgIpc) is 3.36. The van der Waals surface area contributed by atoms with Crippen LogP contribution in [0, 0.1) is 0 Å². The first kappa shape index (κ1) is 18.1. The second-order valence-corrected chi connectivity index (χ2v) is 6.96. The normalized spacial score (nSPS) is 12.6. The van der Waals surface area contributed by atoms with Crippen LogP contribution in [0.25, 0.3) is 22.1 Å². The number of nitrogens with zero attached hydrogens (tertiary/aromatic N) is 7. The van der Waals surface area contributed by atoms with Gasteiger partial charge in [-0.3, -0.25) is 14.3 Å². The van der Waals surface area contributed by atoms with Crippen LogP contribution in [0.3, 0.4) is 0 Å². The molecular weight excluding hydrogens is 386 g/mol. The van der Waals surface area contributed by atoms with Gasteiger partial charge in [-0.25, -0.2) is 9.97 Å². The number of para-hydroxylation sites is 1. The first-order valence-electron chi connectivity index (χ1n) is 9.30. The molecule has 10 heteroatoms. The number of aryl methyl sites for hydroxylation is 1. The summed E-state index contributed by atoms with van der Waals surface area (Å²) in [6.45, 7) is 0.0737. The van der Waals surface area contributed by atoms with Gasteiger partial charge >= 0.3 is 0 Å². The summed E-state index contributed by atoms with van der Waals surface area (Å²) < 4.78 is 8.25. The maximum Gasteiger partial charge on any atom is 0.280 e. The highest BCUT2D eigenvalue weighted by atomic mass is 16.5.